The van der Waals surface area contributed by atoms with Crippen molar-refractivity contribution >= 4 is 0 Å². The predicted molar refractivity (Wildman–Crippen MR) is 70.4 cm³/mol. The molecule has 0 radical (unpaired) electrons. The minimum absolute atomic E-state index is 0.402. The molecule has 1 fully saturated rings. The lowest BCUT2D eigenvalue weighted by Crippen LogP contribution is -2.31. The molecule has 0 spiro atoms. The standard InChI is InChI=1S/C14H22N2O2/c17-14(11-18-10-13-1-2-13)9-16-8-5-12-3-6-15-7-4-12/h3-4,6-7,13-14,16-17H,1-2,5,8-11H2. The van der Waals surface area contributed by atoms with Gasteiger partial charge in [-0.05, 0) is 49.4 Å². The highest BCUT2D eigenvalue weighted by molar-refractivity contribution is 5.09. The van der Waals surface area contributed by atoms with E-state index in [0.717, 1.165) is 25.5 Å². The minimum atomic E-state index is -0.402. The molecule has 4 heteroatoms. The van der Waals surface area contributed by atoms with Crippen molar-refractivity contribution in [3.05, 3.63) is 30.1 Å². The van der Waals surface area contributed by atoms with Crippen LogP contribution in [0.2, 0.25) is 0 Å². The maximum absolute atomic E-state index is 9.68. The quantitative estimate of drug-likeness (QED) is 0.642. The number of rotatable bonds is 9. The summed E-state index contributed by atoms with van der Waals surface area (Å²) in [6.45, 7) is 2.71. The first-order valence-electron chi connectivity index (χ1n) is 6.70. The number of hydrogen-bond donors (Lipinski definition) is 2. The lowest BCUT2D eigenvalue weighted by Gasteiger charge is -2.12. The predicted octanol–water partition coefficient (Wildman–Crippen LogP) is 1.00. The number of pyridine rings is 1. The molecule has 2 rings (SSSR count). The van der Waals surface area contributed by atoms with Gasteiger partial charge in [0.15, 0.2) is 0 Å². The second-order valence-corrected chi connectivity index (χ2v) is 4.94. The third-order valence-electron chi connectivity index (χ3n) is 3.08. The monoisotopic (exact) mass is 250 g/mol. The fourth-order valence-corrected chi connectivity index (χ4v) is 1.77. The molecule has 1 atom stereocenters. The third kappa shape index (κ3) is 5.58. The zero-order chi connectivity index (χ0) is 12.6. The zero-order valence-electron chi connectivity index (χ0n) is 10.7. The summed E-state index contributed by atoms with van der Waals surface area (Å²) in [5.74, 6) is 0.761. The van der Waals surface area contributed by atoms with Gasteiger partial charge in [0.25, 0.3) is 0 Å². The Balaban J connectivity index is 1.46. The van der Waals surface area contributed by atoms with Gasteiger partial charge in [0, 0.05) is 25.5 Å². The van der Waals surface area contributed by atoms with Crippen LogP contribution in [0.1, 0.15) is 18.4 Å². The van der Waals surface area contributed by atoms with Gasteiger partial charge in [-0.2, -0.15) is 0 Å². The van der Waals surface area contributed by atoms with Crippen LogP contribution in [0, 0.1) is 5.92 Å². The molecular weight excluding hydrogens is 228 g/mol. The topological polar surface area (TPSA) is 54.4 Å². The van der Waals surface area contributed by atoms with E-state index in [0.29, 0.717) is 13.2 Å². The number of ether oxygens (including phenoxy) is 1. The van der Waals surface area contributed by atoms with Crippen molar-refractivity contribution in [1.82, 2.24) is 10.3 Å². The third-order valence-corrected chi connectivity index (χ3v) is 3.08. The highest BCUT2D eigenvalue weighted by atomic mass is 16.5. The number of nitrogens with one attached hydrogen (secondary N) is 1. The van der Waals surface area contributed by atoms with Crippen molar-refractivity contribution in [1.29, 1.82) is 0 Å². The van der Waals surface area contributed by atoms with Crippen molar-refractivity contribution in [2.75, 3.05) is 26.3 Å². The summed E-state index contributed by atoms with van der Waals surface area (Å²) < 4.78 is 5.44. The molecule has 1 aliphatic carbocycles. The van der Waals surface area contributed by atoms with Crippen molar-refractivity contribution in [2.24, 2.45) is 5.92 Å². The van der Waals surface area contributed by atoms with Crippen LogP contribution in [0.15, 0.2) is 24.5 Å². The molecule has 18 heavy (non-hydrogen) atoms. The van der Waals surface area contributed by atoms with Crippen molar-refractivity contribution in [3.8, 4) is 0 Å². The van der Waals surface area contributed by atoms with E-state index in [1.54, 1.807) is 12.4 Å². The van der Waals surface area contributed by atoms with Gasteiger partial charge < -0.3 is 15.2 Å². The van der Waals surface area contributed by atoms with Crippen molar-refractivity contribution in [2.45, 2.75) is 25.4 Å². The maximum atomic E-state index is 9.68. The fourth-order valence-electron chi connectivity index (χ4n) is 1.77. The number of aromatic nitrogens is 1. The number of nitrogens with zero attached hydrogens (tertiary/aromatic N) is 1. The Morgan fingerprint density at radius 2 is 2.17 bits per heavy atom. The first-order chi connectivity index (χ1) is 8.84. The molecule has 1 saturated carbocycles. The smallest absolute Gasteiger partial charge is 0.0897 e. The lowest BCUT2D eigenvalue weighted by molar-refractivity contribution is 0.0327. The average molecular weight is 250 g/mol. The summed E-state index contributed by atoms with van der Waals surface area (Å²) >= 11 is 0. The Kier molecular flexibility index (Phi) is 5.58. The van der Waals surface area contributed by atoms with Crippen LogP contribution in [0.3, 0.4) is 0 Å². The molecule has 4 nitrogen and oxygen atoms in total. The minimum Gasteiger partial charge on any atom is -0.389 e. The molecule has 0 amide bonds. The molecule has 0 aliphatic heterocycles. The van der Waals surface area contributed by atoms with E-state index in [1.807, 2.05) is 12.1 Å². The maximum Gasteiger partial charge on any atom is 0.0897 e. The molecule has 1 aliphatic rings. The Labute approximate surface area is 108 Å². The molecule has 0 bridgehead atoms. The number of aliphatic hydroxyl groups is 1. The lowest BCUT2D eigenvalue weighted by atomic mass is 10.2. The molecule has 1 heterocycles. The summed E-state index contributed by atoms with van der Waals surface area (Å²) in [5, 5.41) is 12.9. The van der Waals surface area contributed by atoms with Crippen LogP contribution < -0.4 is 5.32 Å². The van der Waals surface area contributed by atoms with Gasteiger partial charge in [0.2, 0.25) is 0 Å². The van der Waals surface area contributed by atoms with Gasteiger partial charge in [0.1, 0.15) is 0 Å². The molecule has 1 unspecified atom stereocenters. The second kappa shape index (κ2) is 7.46. The molecule has 0 saturated heterocycles. The van der Waals surface area contributed by atoms with Crippen LogP contribution in [0.4, 0.5) is 0 Å². The van der Waals surface area contributed by atoms with Crippen LogP contribution in [-0.4, -0.2) is 42.5 Å². The molecule has 0 aromatic carbocycles. The highest BCUT2D eigenvalue weighted by Gasteiger charge is 2.21. The van der Waals surface area contributed by atoms with E-state index >= 15 is 0 Å². The van der Waals surface area contributed by atoms with Crippen LogP contribution in [-0.2, 0) is 11.2 Å². The number of hydrogen-bond acceptors (Lipinski definition) is 4. The largest absolute Gasteiger partial charge is 0.389 e. The second-order valence-electron chi connectivity index (χ2n) is 4.94. The average Bonchev–Trinajstić information content (AvgIpc) is 3.20. The van der Waals surface area contributed by atoms with E-state index in [1.165, 1.54) is 18.4 Å². The van der Waals surface area contributed by atoms with Crippen LogP contribution >= 0.6 is 0 Å². The summed E-state index contributed by atoms with van der Waals surface area (Å²) in [6.07, 6.45) is 6.74. The number of aliphatic hydroxyl groups excluding tert-OH is 1. The van der Waals surface area contributed by atoms with E-state index in [2.05, 4.69) is 10.3 Å². The normalized spacial score (nSPS) is 16.7. The van der Waals surface area contributed by atoms with Gasteiger partial charge in [-0.25, -0.2) is 0 Å². The Morgan fingerprint density at radius 3 is 2.89 bits per heavy atom. The van der Waals surface area contributed by atoms with Gasteiger partial charge in [-0.3, -0.25) is 4.98 Å². The highest BCUT2D eigenvalue weighted by Crippen LogP contribution is 2.28. The van der Waals surface area contributed by atoms with Gasteiger partial charge in [-0.15, -0.1) is 0 Å². The Morgan fingerprint density at radius 1 is 1.39 bits per heavy atom. The first kappa shape index (κ1) is 13.5. The molecule has 2 N–H and O–H groups in total. The van der Waals surface area contributed by atoms with E-state index in [-0.39, 0.29) is 0 Å². The summed E-state index contributed by atoms with van der Waals surface area (Å²) in [4.78, 5) is 3.98. The molecular formula is C14H22N2O2. The zero-order valence-corrected chi connectivity index (χ0v) is 10.7. The molecule has 1 aromatic heterocycles. The van der Waals surface area contributed by atoms with E-state index < -0.39 is 6.10 Å². The van der Waals surface area contributed by atoms with Gasteiger partial charge >= 0.3 is 0 Å². The van der Waals surface area contributed by atoms with Crippen molar-refractivity contribution in [3.63, 3.8) is 0 Å². The summed E-state index contributed by atoms with van der Waals surface area (Å²) in [6, 6.07) is 4.02. The fraction of sp³-hybridized carbons (Fsp3) is 0.643. The summed E-state index contributed by atoms with van der Waals surface area (Å²) in [7, 11) is 0. The Bertz CT molecular complexity index is 328. The summed E-state index contributed by atoms with van der Waals surface area (Å²) in [5.41, 5.74) is 1.26. The SMILES string of the molecule is OC(CNCCc1ccncc1)COCC1CC1. The van der Waals surface area contributed by atoms with E-state index in [4.69, 9.17) is 4.74 Å². The first-order valence-corrected chi connectivity index (χ1v) is 6.70. The van der Waals surface area contributed by atoms with Crippen LogP contribution in [0.25, 0.3) is 0 Å². The van der Waals surface area contributed by atoms with Crippen molar-refractivity contribution < 1.29 is 9.84 Å². The Hall–Kier alpha value is -0.970. The van der Waals surface area contributed by atoms with Gasteiger partial charge in [-0.1, -0.05) is 0 Å². The van der Waals surface area contributed by atoms with Gasteiger partial charge in [0.05, 0.1) is 12.7 Å². The molecule has 100 valence electrons. The van der Waals surface area contributed by atoms with Crippen LogP contribution in [0.5, 0.6) is 0 Å². The molecule has 1 aromatic rings. The van der Waals surface area contributed by atoms with E-state index in [9.17, 15) is 5.11 Å².